The lowest BCUT2D eigenvalue weighted by molar-refractivity contribution is 0.322. The molecule has 0 aromatic carbocycles. The van der Waals surface area contributed by atoms with E-state index in [9.17, 15) is 0 Å². The first-order chi connectivity index (χ1) is 8.50. The lowest BCUT2D eigenvalue weighted by atomic mass is 9.85. The summed E-state index contributed by atoms with van der Waals surface area (Å²) in [5.41, 5.74) is 6.69. The molecule has 1 aliphatic carbocycles. The highest BCUT2D eigenvalue weighted by Gasteiger charge is 2.31. The van der Waals surface area contributed by atoms with Crippen molar-refractivity contribution in [1.82, 2.24) is 0 Å². The third kappa shape index (κ3) is 3.58. The maximum absolute atomic E-state index is 6.67. The standard InChI is InChI=1S/C15H24BrNS/c1-11(2)12-4-3-7-15(17,8-5-12)10-14-13(16)6-9-18-14/h6,9,11-12H,3-5,7-8,10,17H2,1-2H3. The second kappa shape index (κ2) is 6.06. The molecule has 102 valence electrons. The lowest BCUT2D eigenvalue weighted by Gasteiger charge is -2.28. The Hall–Kier alpha value is 0.140. The van der Waals surface area contributed by atoms with E-state index in [1.807, 2.05) is 11.3 Å². The van der Waals surface area contributed by atoms with Crippen molar-refractivity contribution in [3.63, 3.8) is 0 Å². The van der Waals surface area contributed by atoms with E-state index in [0.29, 0.717) is 0 Å². The van der Waals surface area contributed by atoms with Crippen LogP contribution in [0.5, 0.6) is 0 Å². The smallest absolute Gasteiger partial charge is 0.0315 e. The SMILES string of the molecule is CC(C)C1CCCC(N)(Cc2sccc2Br)CC1. The van der Waals surface area contributed by atoms with Crippen LogP contribution in [0.25, 0.3) is 0 Å². The van der Waals surface area contributed by atoms with E-state index in [0.717, 1.165) is 18.3 Å². The van der Waals surface area contributed by atoms with Gasteiger partial charge in [0.25, 0.3) is 0 Å². The van der Waals surface area contributed by atoms with Crippen LogP contribution in [0.4, 0.5) is 0 Å². The van der Waals surface area contributed by atoms with E-state index in [1.54, 1.807) is 0 Å². The summed E-state index contributed by atoms with van der Waals surface area (Å²) >= 11 is 5.46. The van der Waals surface area contributed by atoms with Crippen molar-refractivity contribution in [1.29, 1.82) is 0 Å². The average molecular weight is 330 g/mol. The molecule has 2 unspecified atom stereocenters. The normalized spacial score (nSPS) is 29.5. The van der Waals surface area contributed by atoms with Gasteiger partial charge in [0.15, 0.2) is 0 Å². The summed E-state index contributed by atoms with van der Waals surface area (Å²) in [6.07, 6.45) is 7.36. The van der Waals surface area contributed by atoms with Gasteiger partial charge in [-0.25, -0.2) is 0 Å². The minimum Gasteiger partial charge on any atom is -0.325 e. The monoisotopic (exact) mass is 329 g/mol. The summed E-state index contributed by atoms with van der Waals surface area (Å²) < 4.78 is 1.24. The summed E-state index contributed by atoms with van der Waals surface area (Å²) in [5, 5.41) is 2.15. The van der Waals surface area contributed by atoms with E-state index in [2.05, 4.69) is 41.2 Å². The molecule has 1 aromatic rings. The number of rotatable bonds is 3. The van der Waals surface area contributed by atoms with Crippen LogP contribution < -0.4 is 5.73 Å². The highest BCUT2D eigenvalue weighted by molar-refractivity contribution is 9.10. The van der Waals surface area contributed by atoms with Gasteiger partial charge >= 0.3 is 0 Å². The predicted octanol–water partition coefficient (Wildman–Crippen LogP) is 4.99. The molecule has 1 fully saturated rings. The van der Waals surface area contributed by atoms with E-state index in [-0.39, 0.29) is 5.54 Å². The summed E-state index contributed by atoms with van der Waals surface area (Å²) in [7, 11) is 0. The van der Waals surface area contributed by atoms with Gasteiger partial charge in [0.1, 0.15) is 0 Å². The second-order valence-electron chi connectivity index (χ2n) is 6.17. The molecule has 1 saturated carbocycles. The van der Waals surface area contributed by atoms with Crippen LogP contribution in [0.1, 0.15) is 50.8 Å². The van der Waals surface area contributed by atoms with Gasteiger partial charge in [-0.05, 0) is 58.5 Å². The van der Waals surface area contributed by atoms with Gasteiger partial charge in [-0.2, -0.15) is 0 Å². The van der Waals surface area contributed by atoms with Crippen molar-refractivity contribution < 1.29 is 0 Å². The van der Waals surface area contributed by atoms with Crippen molar-refractivity contribution in [2.24, 2.45) is 17.6 Å². The highest BCUT2D eigenvalue weighted by atomic mass is 79.9. The molecule has 3 heteroatoms. The van der Waals surface area contributed by atoms with Crippen molar-refractivity contribution in [3.05, 3.63) is 20.8 Å². The fourth-order valence-corrected chi connectivity index (χ4v) is 4.72. The van der Waals surface area contributed by atoms with Gasteiger partial charge in [-0.15, -0.1) is 11.3 Å². The van der Waals surface area contributed by atoms with Gasteiger partial charge in [-0.1, -0.05) is 26.7 Å². The van der Waals surface area contributed by atoms with E-state index < -0.39 is 0 Å². The molecule has 0 saturated heterocycles. The molecule has 2 atom stereocenters. The molecule has 0 bridgehead atoms. The maximum atomic E-state index is 6.67. The quantitative estimate of drug-likeness (QED) is 0.777. The van der Waals surface area contributed by atoms with E-state index in [1.165, 1.54) is 41.5 Å². The Balaban J connectivity index is 2.01. The molecule has 0 radical (unpaired) electrons. The topological polar surface area (TPSA) is 26.0 Å². The minimum absolute atomic E-state index is 0.0248. The van der Waals surface area contributed by atoms with Crippen LogP contribution in [0.3, 0.4) is 0 Å². The molecule has 2 rings (SSSR count). The Morgan fingerprint density at radius 1 is 1.44 bits per heavy atom. The first-order valence-electron chi connectivity index (χ1n) is 7.01. The van der Waals surface area contributed by atoms with Gasteiger partial charge in [0.2, 0.25) is 0 Å². The van der Waals surface area contributed by atoms with Crippen molar-refractivity contribution in [2.75, 3.05) is 0 Å². The van der Waals surface area contributed by atoms with Crippen molar-refractivity contribution in [3.8, 4) is 0 Å². The Bertz CT molecular complexity index is 388. The Kier molecular flexibility index (Phi) is 4.90. The van der Waals surface area contributed by atoms with Crippen LogP contribution in [0.15, 0.2) is 15.9 Å². The Labute approximate surface area is 123 Å². The molecular weight excluding hydrogens is 306 g/mol. The Morgan fingerprint density at radius 3 is 2.83 bits per heavy atom. The zero-order valence-corrected chi connectivity index (χ0v) is 13.8. The summed E-state index contributed by atoms with van der Waals surface area (Å²) in [5.74, 6) is 1.68. The summed E-state index contributed by atoms with van der Waals surface area (Å²) in [6.45, 7) is 4.70. The molecule has 18 heavy (non-hydrogen) atoms. The van der Waals surface area contributed by atoms with Gasteiger partial charge in [0.05, 0.1) is 0 Å². The molecule has 1 nitrogen and oxygen atoms in total. The molecule has 1 heterocycles. The maximum Gasteiger partial charge on any atom is 0.0315 e. The van der Waals surface area contributed by atoms with E-state index in [4.69, 9.17) is 5.73 Å². The summed E-state index contributed by atoms with van der Waals surface area (Å²) in [6, 6.07) is 2.14. The van der Waals surface area contributed by atoms with E-state index >= 15 is 0 Å². The number of thiophene rings is 1. The average Bonchev–Trinajstić information content (AvgIpc) is 2.59. The number of hydrogen-bond donors (Lipinski definition) is 1. The third-order valence-electron chi connectivity index (χ3n) is 4.41. The Morgan fingerprint density at radius 2 is 2.22 bits per heavy atom. The first kappa shape index (κ1) is 14.5. The van der Waals surface area contributed by atoms with Gasteiger partial charge < -0.3 is 5.73 Å². The zero-order chi connectivity index (χ0) is 13.2. The second-order valence-corrected chi connectivity index (χ2v) is 8.02. The highest BCUT2D eigenvalue weighted by Crippen LogP contribution is 2.36. The van der Waals surface area contributed by atoms with Crippen LogP contribution in [-0.4, -0.2) is 5.54 Å². The molecule has 1 aromatic heterocycles. The number of nitrogens with two attached hydrogens (primary N) is 1. The lowest BCUT2D eigenvalue weighted by Crippen LogP contribution is -2.41. The van der Waals surface area contributed by atoms with Crippen LogP contribution in [0.2, 0.25) is 0 Å². The molecule has 2 N–H and O–H groups in total. The number of hydrogen-bond acceptors (Lipinski definition) is 2. The molecule has 1 aliphatic rings. The number of halogens is 1. The molecule has 0 spiro atoms. The predicted molar refractivity (Wildman–Crippen MR) is 84.1 cm³/mol. The fourth-order valence-electron chi connectivity index (χ4n) is 3.07. The summed E-state index contributed by atoms with van der Waals surface area (Å²) in [4.78, 5) is 1.42. The third-order valence-corrected chi connectivity index (χ3v) is 6.34. The van der Waals surface area contributed by atoms with Gasteiger partial charge in [0, 0.05) is 21.3 Å². The van der Waals surface area contributed by atoms with Crippen LogP contribution in [-0.2, 0) is 6.42 Å². The molecular formula is C15H24BrNS. The van der Waals surface area contributed by atoms with Crippen LogP contribution >= 0.6 is 27.3 Å². The molecule has 0 aliphatic heterocycles. The van der Waals surface area contributed by atoms with Crippen LogP contribution in [0, 0.1) is 11.8 Å². The molecule has 0 amide bonds. The fraction of sp³-hybridized carbons (Fsp3) is 0.733. The zero-order valence-electron chi connectivity index (χ0n) is 11.4. The van der Waals surface area contributed by atoms with Crippen molar-refractivity contribution in [2.45, 2.75) is 57.9 Å². The van der Waals surface area contributed by atoms with Gasteiger partial charge in [-0.3, -0.25) is 0 Å². The largest absolute Gasteiger partial charge is 0.325 e. The minimum atomic E-state index is 0.0248. The first-order valence-corrected chi connectivity index (χ1v) is 8.68. The van der Waals surface area contributed by atoms with Crippen molar-refractivity contribution >= 4 is 27.3 Å².